The average molecular weight is 244 g/mol. The van der Waals surface area contributed by atoms with E-state index in [1.54, 1.807) is 0 Å². The third-order valence-electron chi connectivity index (χ3n) is 4.61. The summed E-state index contributed by atoms with van der Waals surface area (Å²) < 4.78 is 0. The zero-order valence-corrected chi connectivity index (χ0v) is 11.4. The summed E-state index contributed by atoms with van der Waals surface area (Å²) in [5.41, 5.74) is 2.84. The van der Waals surface area contributed by atoms with Crippen molar-refractivity contribution >= 4 is 5.69 Å². The van der Waals surface area contributed by atoms with Crippen molar-refractivity contribution in [2.75, 3.05) is 25.0 Å². The van der Waals surface area contributed by atoms with Gasteiger partial charge in [-0.25, -0.2) is 0 Å². The molecular formula is C16H24N2. The lowest BCUT2D eigenvalue weighted by molar-refractivity contribution is 0.176. The molecule has 18 heavy (non-hydrogen) atoms. The Hall–Kier alpha value is -1.02. The molecule has 0 aliphatic carbocycles. The second-order valence-corrected chi connectivity index (χ2v) is 5.85. The molecule has 2 heteroatoms. The minimum absolute atomic E-state index is 0.626. The molecule has 3 rings (SSSR count). The van der Waals surface area contributed by atoms with E-state index in [0.717, 1.165) is 5.92 Å². The van der Waals surface area contributed by atoms with E-state index in [0.29, 0.717) is 6.04 Å². The molecule has 2 heterocycles. The molecule has 0 amide bonds. The zero-order chi connectivity index (χ0) is 12.4. The fourth-order valence-electron chi connectivity index (χ4n) is 3.37. The van der Waals surface area contributed by atoms with Crippen LogP contribution >= 0.6 is 0 Å². The molecule has 1 N–H and O–H groups in total. The molecule has 2 nitrogen and oxygen atoms in total. The van der Waals surface area contributed by atoms with E-state index in [9.17, 15) is 0 Å². The first kappa shape index (κ1) is 12.0. The molecule has 0 spiro atoms. The zero-order valence-electron chi connectivity index (χ0n) is 11.4. The molecule has 0 saturated carbocycles. The fourth-order valence-corrected chi connectivity index (χ4v) is 3.37. The Bertz CT molecular complexity index is 369. The van der Waals surface area contributed by atoms with Gasteiger partial charge in [-0.3, -0.25) is 0 Å². The van der Waals surface area contributed by atoms with E-state index in [1.165, 1.54) is 56.6 Å². The van der Waals surface area contributed by atoms with Crippen LogP contribution in [0.2, 0.25) is 0 Å². The van der Waals surface area contributed by atoms with Gasteiger partial charge < -0.3 is 10.2 Å². The van der Waals surface area contributed by atoms with Crippen molar-refractivity contribution < 1.29 is 0 Å². The summed E-state index contributed by atoms with van der Waals surface area (Å²) in [5.74, 6) is 0.981. The molecule has 0 radical (unpaired) electrons. The topological polar surface area (TPSA) is 15.3 Å². The van der Waals surface area contributed by atoms with Gasteiger partial charge in [0.05, 0.1) is 0 Å². The average Bonchev–Trinajstić information content (AvgIpc) is 2.82. The Morgan fingerprint density at radius 3 is 2.72 bits per heavy atom. The monoisotopic (exact) mass is 244 g/mol. The highest BCUT2D eigenvalue weighted by molar-refractivity contribution is 5.56. The minimum Gasteiger partial charge on any atom is -0.380 e. The first-order chi connectivity index (χ1) is 8.85. The third-order valence-corrected chi connectivity index (χ3v) is 4.61. The number of para-hydroxylation sites is 1. The lowest BCUT2D eigenvalue weighted by Crippen LogP contribution is -2.40. The Balaban J connectivity index is 1.51. The predicted molar refractivity (Wildman–Crippen MR) is 77.0 cm³/mol. The number of hydrogen-bond donors (Lipinski definition) is 1. The number of nitrogens with zero attached hydrogens (tertiary/aromatic N) is 1. The normalized spacial score (nSPS) is 24.8. The third kappa shape index (κ3) is 2.54. The summed E-state index contributed by atoms with van der Waals surface area (Å²) >= 11 is 0. The van der Waals surface area contributed by atoms with Crippen LogP contribution in [0, 0.1) is 5.92 Å². The summed E-state index contributed by atoms with van der Waals surface area (Å²) in [7, 11) is 0. The number of hydrogen-bond acceptors (Lipinski definition) is 2. The first-order valence-corrected chi connectivity index (χ1v) is 7.42. The minimum atomic E-state index is 0.626. The van der Waals surface area contributed by atoms with E-state index >= 15 is 0 Å². The maximum Gasteiger partial charge on any atom is 0.0429 e. The highest BCUT2D eigenvalue weighted by Crippen LogP contribution is 2.27. The van der Waals surface area contributed by atoms with Crippen LogP contribution in [0.1, 0.15) is 31.7 Å². The number of anilines is 1. The molecule has 0 aromatic heterocycles. The van der Waals surface area contributed by atoms with Crippen LogP contribution in [0.25, 0.3) is 0 Å². The number of nitrogens with one attached hydrogen (secondary N) is 1. The maximum absolute atomic E-state index is 3.67. The van der Waals surface area contributed by atoms with Crippen molar-refractivity contribution in [3.63, 3.8) is 0 Å². The molecule has 2 aliphatic rings. The molecule has 2 aliphatic heterocycles. The van der Waals surface area contributed by atoms with E-state index in [2.05, 4.69) is 41.4 Å². The number of benzene rings is 1. The molecule has 1 unspecified atom stereocenters. The van der Waals surface area contributed by atoms with Gasteiger partial charge in [0.25, 0.3) is 0 Å². The van der Waals surface area contributed by atoms with E-state index in [-0.39, 0.29) is 0 Å². The van der Waals surface area contributed by atoms with E-state index in [4.69, 9.17) is 0 Å². The summed E-state index contributed by atoms with van der Waals surface area (Å²) in [6.45, 7) is 6.14. The maximum atomic E-state index is 3.67. The van der Waals surface area contributed by atoms with E-state index < -0.39 is 0 Å². The van der Waals surface area contributed by atoms with Gasteiger partial charge in [0.1, 0.15) is 0 Å². The van der Waals surface area contributed by atoms with Gasteiger partial charge in [0.15, 0.2) is 0 Å². The van der Waals surface area contributed by atoms with Crippen molar-refractivity contribution in [1.82, 2.24) is 4.90 Å². The van der Waals surface area contributed by atoms with Crippen LogP contribution < -0.4 is 5.32 Å². The van der Waals surface area contributed by atoms with Crippen LogP contribution in [0.3, 0.4) is 0 Å². The second kappa shape index (κ2) is 5.31. The lowest BCUT2D eigenvalue weighted by Gasteiger charge is -2.33. The fraction of sp³-hybridized carbons (Fsp3) is 0.625. The lowest BCUT2D eigenvalue weighted by atomic mass is 9.94. The summed E-state index contributed by atoms with van der Waals surface area (Å²) in [4.78, 5) is 2.65. The molecule has 1 atom stereocenters. The van der Waals surface area contributed by atoms with Gasteiger partial charge in [0.2, 0.25) is 0 Å². The number of fused-ring (bicyclic) bond motifs is 1. The van der Waals surface area contributed by atoms with Crippen molar-refractivity contribution in [2.24, 2.45) is 5.92 Å². The molecule has 1 aromatic carbocycles. The van der Waals surface area contributed by atoms with Crippen molar-refractivity contribution in [3.05, 3.63) is 29.8 Å². The Morgan fingerprint density at radius 2 is 2.00 bits per heavy atom. The smallest absolute Gasteiger partial charge is 0.0429 e. The van der Waals surface area contributed by atoms with Gasteiger partial charge in [-0.05, 0) is 49.9 Å². The van der Waals surface area contributed by atoms with Gasteiger partial charge >= 0.3 is 0 Å². The SMILES string of the molecule is CCC1CCN(CC2Cc3ccccc3N2)CC1. The Kier molecular flexibility index (Phi) is 3.55. The van der Waals surface area contributed by atoms with Gasteiger partial charge in [-0.15, -0.1) is 0 Å². The van der Waals surface area contributed by atoms with E-state index in [1.807, 2.05) is 0 Å². The molecule has 1 aromatic rings. The molecule has 1 saturated heterocycles. The Morgan fingerprint density at radius 1 is 1.22 bits per heavy atom. The quantitative estimate of drug-likeness (QED) is 0.878. The summed E-state index contributed by atoms with van der Waals surface area (Å²) in [6, 6.07) is 9.36. The van der Waals surface area contributed by atoms with Crippen LogP contribution in [0.5, 0.6) is 0 Å². The first-order valence-electron chi connectivity index (χ1n) is 7.42. The Labute approximate surface area is 110 Å². The van der Waals surface area contributed by atoms with Crippen molar-refractivity contribution in [3.8, 4) is 0 Å². The van der Waals surface area contributed by atoms with Crippen LogP contribution in [-0.4, -0.2) is 30.6 Å². The highest BCUT2D eigenvalue weighted by Gasteiger charge is 2.24. The molecule has 0 bridgehead atoms. The van der Waals surface area contributed by atoms with Gasteiger partial charge in [0, 0.05) is 18.3 Å². The van der Waals surface area contributed by atoms with Gasteiger partial charge in [-0.2, -0.15) is 0 Å². The summed E-state index contributed by atoms with van der Waals surface area (Å²) in [5, 5.41) is 3.67. The predicted octanol–water partition coefficient (Wildman–Crippen LogP) is 3.15. The van der Waals surface area contributed by atoms with Crippen molar-refractivity contribution in [2.45, 2.75) is 38.6 Å². The van der Waals surface area contributed by atoms with Crippen LogP contribution in [0.15, 0.2) is 24.3 Å². The number of likely N-dealkylation sites (tertiary alicyclic amines) is 1. The van der Waals surface area contributed by atoms with Crippen molar-refractivity contribution in [1.29, 1.82) is 0 Å². The molecule has 1 fully saturated rings. The van der Waals surface area contributed by atoms with Crippen LogP contribution in [0.4, 0.5) is 5.69 Å². The largest absolute Gasteiger partial charge is 0.380 e. The van der Waals surface area contributed by atoms with Gasteiger partial charge in [-0.1, -0.05) is 31.5 Å². The molecular weight excluding hydrogens is 220 g/mol. The van der Waals surface area contributed by atoms with Crippen LogP contribution in [-0.2, 0) is 6.42 Å². The second-order valence-electron chi connectivity index (χ2n) is 5.85. The highest BCUT2D eigenvalue weighted by atomic mass is 15.2. The summed E-state index contributed by atoms with van der Waals surface area (Å²) in [6.07, 6.45) is 5.36. The number of rotatable bonds is 3. The standard InChI is InChI=1S/C16H24N2/c1-2-13-7-9-18(10-8-13)12-15-11-14-5-3-4-6-16(14)17-15/h3-6,13,15,17H,2,7-12H2,1H3. The molecule has 98 valence electrons. The number of piperidine rings is 1.